The summed E-state index contributed by atoms with van der Waals surface area (Å²) in [5.74, 6) is -0.538. The number of nitrogens with one attached hydrogen (secondary N) is 1. The third-order valence-corrected chi connectivity index (χ3v) is 2.28. The highest BCUT2D eigenvalue weighted by molar-refractivity contribution is 6.30. The van der Waals surface area contributed by atoms with Crippen LogP contribution in [0.25, 0.3) is 0 Å². The monoisotopic (exact) mass is 255 g/mol. The number of carbonyl (C=O) groups excluding carboxylic acids is 2. The van der Waals surface area contributed by atoms with Gasteiger partial charge in [-0.25, -0.2) is 0 Å². The fourth-order valence-electron chi connectivity index (χ4n) is 1.26. The van der Waals surface area contributed by atoms with Crippen molar-refractivity contribution in [3.8, 4) is 0 Å². The van der Waals surface area contributed by atoms with Gasteiger partial charge in [-0.1, -0.05) is 11.6 Å². The molecule has 0 aliphatic carbocycles. The number of hydrogen-bond donors (Lipinski definition) is 1. The summed E-state index contributed by atoms with van der Waals surface area (Å²) in [5.41, 5.74) is 0.226. The number of rotatable bonds is 4. The van der Waals surface area contributed by atoms with Crippen molar-refractivity contribution in [2.24, 2.45) is 0 Å². The van der Waals surface area contributed by atoms with Gasteiger partial charge in [0.2, 0.25) is 5.91 Å². The highest BCUT2D eigenvalue weighted by Gasteiger charge is 2.15. The van der Waals surface area contributed by atoms with E-state index in [0.29, 0.717) is 11.6 Å². The van der Waals surface area contributed by atoms with Crippen LogP contribution in [-0.4, -0.2) is 41.8 Å². The van der Waals surface area contributed by atoms with E-state index >= 15 is 0 Å². The van der Waals surface area contributed by atoms with Gasteiger partial charge >= 0.3 is 0 Å². The first-order chi connectivity index (χ1) is 8.04. The Kier molecular flexibility index (Phi) is 4.90. The van der Waals surface area contributed by atoms with Crippen molar-refractivity contribution in [3.63, 3.8) is 0 Å². The number of likely N-dealkylation sites (N-methyl/N-ethyl adjacent to an activating group) is 2. The van der Waals surface area contributed by atoms with Crippen molar-refractivity contribution in [1.29, 1.82) is 0 Å². The Bertz CT molecular complexity index is 423. The molecule has 0 aromatic carbocycles. The topological polar surface area (TPSA) is 62.3 Å². The minimum absolute atomic E-state index is 0.000860. The minimum Gasteiger partial charge on any atom is -0.355 e. The van der Waals surface area contributed by atoms with E-state index in [0.717, 1.165) is 0 Å². The average molecular weight is 256 g/mol. The lowest BCUT2D eigenvalue weighted by Gasteiger charge is -2.15. The van der Waals surface area contributed by atoms with Gasteiger partial charge in [0.15, 0.2) is 0 Å². The molecule has 1 aromatic heterocycles. The van der Waals surface area contributed by atoms with Gasteiger partial charge in [0, 0.05) is 24.8 Å². The van der Waals surface area contributed by atoms with Gasteiger partial charge in [0.05, 0.1) is 6.54 Å². The molecular formula is C11H14ClN3O2. The Morgan fingerprint density at radius 1 is 1.53 bits per heavy atom. The first-order valence-electron chi connectivity index (χ1n) is 5.18. The molecule has 1 rings (SSSR count). The van der Waals surface area contributed by atoms with E-state index in [9.17, 15) is 9.59 Å². The lowest BCUT2D eigenvalue weighted by atomic mass is 10.3. The predicted octanol–water partition coefficient (Wildman–Crippen LogP) is 0.943. The van der Waals surface area contributed by atoms with Crippen LogP contribution in [0.2, 0.25) is 5.02 Å². The molecule has 0 radical (unpaired) electrons. The minimum atomic E-state index is -0.334. The number of pyridine rings is 1. The second-order valence-corrected chi connectivity index (χ2v) is 3.91. The summed E-state index contributed by atoms with van der Waals surface area (Å²) < 4.78 is 0. The van der Waals surface area contributed by atoms with Crippen LogP contribution in [0, 0.1) is 0 Å². The number of halogens is 1. The van der Waals surface area contributed by atoms with Gasteiger partial charge in [-0.15, -0.1) is 0 Å². The Morgan fingerprint density at radius 2 is 2.24 bits per heavy atom. The van der Waals surface area contributed by atoms with Crippen LogP contribution in [0.15, 0.2) is 18.3 Å². The molecule has 0 fully saturated rings. The van der Waals surface area contributed by atoms with Crippen molar-refractivity contribution >= 4 is 23.4 Å². The van der Waals surface area contributed by atoms with Crippen LogP contribution in [0.4, 0.5) is 0 Å². The van der Waals surface area contributed by atoms with Crippen molar-refractivity contribution in [3.05, 3.63) is 29.0 Å². The number of aromatic nitrogens is 1. The summed E-state index contributed by atoms with van der Waals surface area (Å²) in [6, 6.07) is 3.06. The molecule has 1 heterocycles. The SMILES string of the molecule is CCNC(=O)CN(C)C(=O)c1cc(Cl)ccn1. The van der Waals surface area contributed by atoms with Gasteiger partial charge in [0.25, 0.3) is 5.91 Å². The summed E-state index contributed by atoms with van der Waals surface area (Å²) in [6.45, 7) is 2.36. The molecule has 6 heteroatoms. The van der Waals surface area contributed by atoms with E-state index in [1.165, 1.54) is 17.2 Å². The van der Waals surface area contributed by atoms with Crippen LogP contribution in [-0.2, 0) is 4.79 Å². The molecule has 92 valence electrons. The van der Waals surface area contributed by atoms with E-state index in [-0.39, 0.29) is 24.1 Å². The van der Waals surface area contributed by atoms with Gasteiger partial charge in [-0.3, -0.25) is 14.6 Å². The third-order valence-electron chi connectivity index (χ3n) is 2.04. The first kappa shape index (κ1) is 13.4. The lowest BCUT2D eigenvalue weighted by molar-refractivity contribution is -0.121. The molecule has 5 nitrogen and oxygen atoms in total. The molecule has 17 heavy (non-hydrogen) atoms. The molecule has 0 saturated carbocycles. The lowest BCUT2D eigenvalue weighted by Crippen LogP contribution is -2.38. The zero-order chi connectivity index (χ0) is 12.8. The number of carbonyl (C=O) groups is 2. The Labute approximate surface area is 105 Å². The average Bonchev–Trinajstić information content (AvgIpc) is 2.28. The van der Waals surface area contributed by atoms with E-state index in [4.69, 9.17) is 11.6 Å². The Morgan fingerprint density at radius 3 is 2.82 bits per heavy atom. The quantitative estimate of drug-likeness (QED) is 0.871. The Hall–Kier alpha value is -1.62. The van der Waals surface area contributed by atoms with E-state index in [1.54, 1.807) is 13.1 Å². The van der Waals surface area contributed by atoms with Crippen molar-refractivity contribution in [2.45, 2.75) is 6.92 Å². The number of hydrogen-bond acceptors (Lipinski definition) is 3. The zero-order valence-corrected chi connectivity index (χ0v) is 10.5. The van der Waals surface area contributed by atoms with Gasteiger partial charge in [0.1, 0.15) is 5.69 Å². The maximum atomic E-state index is 11.9. The van der Waals surface area contributed by atoms with Crippen LogP contribution >= 0.6 is 11.6 Å². The summed E-state index contributed by atoms with van der Waals surface area (Å²) >= 11 is 5.76. The summed E-state index contributed by atoms with van der Waals surface area (Å²) in [6.07, 6.45) is 1.45. The molecule has 1 aromatic rings. The maximum Gasteiger partial charge on any atom is 0.272 e. The summed E-state index contributed by atoms with van der Waals surface area (Å²) in [5, 5.41) is 3.05. The highest BCUT2D eigenvalue weighted by Crippen LogP contribution is 2.09. The van der Waals surface area contributed by atoms with Gasteiger partial charge in [-0.05, 0) is 19.1 Å². The van der Waals surface area contributed by atoms with Crippen LogP contribution < -0.4 is 5.32 Å². The van der Waals surface area contributed by atoms with Gasteiger partial charge < -0.3 is 10.2 Å². The fraction of sp³-hybridized carbons (Fsp3) is 0.364. The molecule has 0 atom stereocenters. The van der Waals surface area contributed by atoms with Crippen LogP contribution in [0.5, 0.6) is 0 Å². The maximum absolute atomic E-state index is 11.9. The van der Waals surface area contributed by atoms with E-state index < -0.39 is 0 Å². The molecule has 0 aliphatic heterocycles. The Balaban J connectivity index is 2.67. The molecule has 2 amide bonds. The summed E-state index contributed by atoms with van der Waals surface area (Å²) in [4.78, 5) is 28.4. The predicted molar refractivity (Wildman–Crippen MR) is 64.9 cm³/mol. The van der Waals surface area contributed by atoms with E-state index in [2.05, 4.69) is 10.3 Å². The largest absolute Gasteiger partial charge is 0.355 e. The van der Waals surface area contributed by atoms with Crippen molar-refractivity contribution in [1.82, 2.24) is 15.2 Å². The zero-order valence-electron chi connectivity index (χ0n) is 9.74. The number of nitrogens with zero attached hydrogens (tertiary/aromatic N) is 2. The molecule has 0 saturated heterocycles. The molecule has 1 N–H and O–H groups in total. The first-order valence-corrected chi connectivity index (χ1v) is 5.56. The molecule has 0 bridgehead atoms. The van der Waals surface area contributed by atoms with Crippen LogP contribution in [0.1, 0.15) is 17.4 Å². The second kappa shape index (κ2) is 6.20. The second-order valence-electron chi connectivity index (χ2n) is 3.47. The summed E-state index contributed by atoms with van der Waals surface area (Å²) in [7, 11) is 1.54. The number of amides is 2. The normalized spacial score (nSPS) is 9.82. The standard InChI is InChI=1S/C11H14ClN3O2/c1-3-13-10(16)7-15(2)11(17)9-6-8(12)4-5-14-9/h4-6H,3,7H2,1-2H3,(H,13,16). The van der Waals surface area contributed by atoms with Gasteiger partial charge in [-0.2, -0.15) is 0 Å². The molecule has 0 aliphatic rings. The molecule has 0 unspecified atom stereocenters. The highest BCUT2D eigenvalue weighted by atomic mass is 35.5. The fourth-order valence-corrected chi connectivity index (χ4v) is 1.42. The van der Waals surface area contributed by atoms with Crippen LogP contribution in [0.3, 0.4) is 0 Å². The molecular weight excluding hydrogens is 242 g/mol. The van der Waals surface area contributed by atoms with E-state index in [1.807, 2.05) is 6.92 Å². The molecule has 0 spiro atoms. The van der Waals surface area contributed by atoms with Crippen molar-refractivity contribution in [2.75, 3.05) is 20.1 Å². The third kappa shape index (κ3) is 4.03. The van der Waals surface area contributed by atoms with Crippen molar-refractivity contribution < 1.29 is 9.59 Å². The smallest absolute Gasteiger partial charge is 0.272 e.